The molecule has 9 aromatic carbocycles. The van der Waals surface area contributed by atoms with Crippen LogP contribution in [-0.2, 0) is 0 Å². The van der Waals surface area contributed by atoms with E-state index < -0.39 is 0 Å². The summed E-state index contributed by atoms with van der Waals surface area (Å²) in [6.45, 7) is 0. The first-order valence-corrected chi connectivity index (χ1v) is 16.9. The molecule has 0 fully saturated rings. The molecule has 0 saturated carbocycles. The Hall–Kier alpha value is -6.44. The van der Waals surface area contributed by atoms with Gasteiger partial charge in [0.15, 0.2) is 0 Å². The van der Waals surface area contributed by atoms with Gasteiger partial charge in [0.05, 0.1) is 11.0 Å². The lowest BCUT2D eigenvalue weighted by molar-refractivity contribution is 1.18. The molecule has 228 valence electrons. The second kappa shape index (κ2) is 11.1. The highest BCUT2D eigenvalue weighted by Crippen LogP contribution is 2.44. The van der Waals surface area contributed by atoms with Gasteiger partial charge in [-0.25, -0.2) is 0 Å². The molecule has 0 bridgehead atoms. The fraction of sp³-hybridized carbons (Fsp3) is 0. The van der Waals surface area contributed by atoms with Gasteiger partial charge in [-0.05, 0) is 102 Å². The summed E-state index contributed by atoms with van der Waals surface area (Å²) >= 11 is 0. The summed E-state index contributed by atoms with van der Waals surface area (Å²) in [6, 6.07) is 68.8. The summed E-state index contributed by atoms with van der Waals surface area (Å²) in [5.74, 6) is 0. The van der Waals surface area contributed by atoms with E-state index in [0.717, 1.165) is 5.69 Å². The maximum atomic E-state index is 2.39. The lowest BCUT2D eigenvalue weighted by Crippen LogP contribution is -1.94. The van der Waals surface area contributed by atoms with E-state index in [9.17, 15) is 0 Å². The summed E-state index contributed by atoms with van der Waals surface area (Å²) in [5.41, 5.74) is 11.0. The van der Waals surface area contributed by atoms with Crippen molar-refractivity contribution in [3.63, 3.8) is 0 Å². The molecule has 0 radical (unpaired) electrons. The number of fused-ring (bicyclic) bond motifs is 6. The van der Waals surface area contributed by atoms with Gasteiger partial charge in [-0.1, -0.05) is 152 Å². The van der Waals surface area contributed by atoms with E-state index in [-0.39, 0.29) is 0 Å². The van der Waals surface area contributed by atoms with Gasteiger partial charge in [0.2, 0.25) is 0 Å². The topological polar surface area (TPSA) is 4.93 Å². The van der Waals surface area contributed by atoms with Crippen LogP contribution in [0.5, 0.6) is 0 Å². The van der Waals surface area contributed by atoms with E-state index >= 15 is 0 Å². The molecule has 0 aliphatic rings. The molecule has 0 atom stereocenters. The number of hydrogen-bond acceptors (Lipinski definition) is 0. The molecule has 49 heavy (non-hydrogen) atoms. The van der Waals surface area contributed by atoms with E-state index in [0.29, 0.717) is 0 Å². The highest BCUT2D eigenvalue weighted by molar-refractivity contribution is 6.22. The molecule has 0 aliphatic heterocycles. The number of nitrogens with zero attached hydrogens (tertiary/aromatic N) is 1. The lowest BCUT2D eigenvalue weighted by Gasteiger charge is -2.18. The molecular weight excluding hydrogens is 591 g/mol. The first-order chi connectivity index (χ1) is 24.3. The number of para-hydroxylation sites is 2. The van der Waals surface area contributed by atoms with Crippen LogP contribution in [0.2, 0.25) is 0 Å². The van der Waals surface area contributed by atoms with Gasteiger partial charge in [-0.2, -0.15) is 0 Å². The van der Waals surface area contributed by atoms with Gasteiger partial charge >= 0.3 is 0 Å². The third-order valence-corrected chi connectivity index (χ3v) is 10.1. The standard InChI is InChI=1S/C48H31N/c1-2-14-33-29-37(28-27-32(33)13-1)48-43-23-5-3-21-41(43)47(42-22-4-6-24-44(42)48)36-17-11-15-34(30-36)35-16-12-18-38(31-35)49-45-25-9-7-19-39(45)40-20-8-10-26-46(40)49/h1-31H. The fourth-order valence-corrected chi connectivity index (χ4v) is 7.97. The molecule has 0 N–H and O–H groups in total. The smallest absolute Gasteiger partial charge is 0.0541 e. The van der Waals surface area contributed by atoms with Crippen molar-refractivity contribution in [3.8, 4) is 39.1 Å². The molecular formula is C48H31N. The Bertz CT molecular complexity index is 2780. The van der Waals surface area contributed by atoms with Crippen LogP contribution in [0.1, 0.15) is 0 Å². The largest absolute Gasteiger partial charge is 0.309 e. The summed E-state index contributed by atoms with van der Waals surface area (Å²) in [6.07, 6.45) is 0. The van der Waals surface area contributed by atoms with Crippen molar-refractivity contribution >= 4 is 54.1 Å². The maximum absolute atomic E-state index is 2.39. The van der Waals surface area contributed by atoms with Gasteiger partial charge < -0.3 is 4.57 Å². The molecule has 0 amide bonds. The number of rotatable bonds is 4. The molecule has 10 aromatic rings. The summed E-state index contributed by atoms with van der Waals surface area (Å²) in [5, 5.41) is 10.1. The minimum Gasteiger partial charge on any atom is -0.309 e. The normalized spacial score (nSPS) is 11.7. The summed E-state index contributed by atoms with van der Waals surface area (Å²) < 4.78 is 2.39. The SMILES string of the molecule is c1cc(-c2cccc(-n3c4ccccc4c4ccccc43)c2)cc(-c2c3ccccc3c(-c3ccc4ccccc4c3)c3ccccc23)c1. The van der Waals surface area contributed by atoms with Crippen molar-refractivity contribution in [2.45, 2.75) is 0 Å². The van der Waals surface area contributed by atoms with E-state index in [1.54, 1.807) is 0 Å². The Morgan fingerprint density at radius 1 is 0.265 bits per heavy atom. The predicted octanol–water partition coefficient (Wildman–Crippen LogP) is 13.2. The van der Waals surface area contributed by atoms with E-state index in [2.05, 4.69) is 193 Å². The second-order valence-electron chi connectivity index (χ2n) is 12.9. The Kier molecular flexibility index (Phi) is 6.25. The van der Waals surface area contributed by atoms with E-state index in [4.69, 9.17) is 0 Å². The second-order valence-corrected chi connectivity index (χ2v) is 12.9. The third kappa shape index (κ3) is 4.40. The van der Waals surface area contributed by atoms with E-state index in [1.165, 1.54) is 87.5 Å². The highest BCUT2D eigenvalue weighted by atomic mass is 15.0. The van der Waals surface area contributed by atoms with Gasteiger partial charge in [-0.15, -0.1) is 0 Å². The predicted molar refractivity (Wildman–Crippen MR) is 210 cm³/mol. The fourth-order valence-electron chi connectivity index (χ4n) is 7.97. The Morgan fingerprint density at radius 3 is 1.33 bits per heavy atom. The monoisotopic (exact) mass is 621 g/mol. The van der Waals surface area contributed by atoms with Gasteiger partial charge in [-0.3, -0.25) is 0 Å². The maximum Gasteiger partial charge on any atom is 0.0541 e. The van der Waals surface area contributed by atoms with E-state index in [1.807, 2.05) is 0 Å². The zero-order valence-electron chi connectivity index (χ0n) is 26.8. The summed E-state index contributed by atoms with van der Waals surface area (Å²) in [7, 11) is 0. The van der Waals surface area contributed by atoms with Gasteiger partial charge in [0, 0.05) is 16.5 Å². The zero-order chi connectivity index (χ0) is 32.3. The van der Waals surface area contributed by atoms with Gasteiger partial charge in [0.1, 0.15) is 0 Å². The average Bonchev–Trinajstić information content (AvgIpc) is 3.51. The van der Waals surface area contributed by atoms with Gasteiger partial charge in [0.25, 0.3) is 0 Å². The minimum absolute atomic E-state index is 1.16. The Labute approximate surface area is 284 Å². The van der Waals surface area contributed by atoms with Crippen LogP contribution in [0.4, 0.5) is 0 Å². The molecule has 0 spiro atoms. The van der Waals surface area contributed by atoms with Crippen LogP contribution in [-0.4, -0.2) is 4.57 Å². The molecule has 0 unspecified atom stereocenters. The number of aromatic nitrogens is 1. The highest BCUT2D eigenvalue weighted by Gasteiger charge is 2.18. The quantitative estimate of drug-likeness (QED) is 0.172. The van der Waals surface area contributed by atoms with Crippen molar-refractivity contribution in [1.82, 2.24) is 4.57 Å². The molecule has 0 saturated heterocycles. The van der Waals surface area contributed by atoms with Crippen LogP contribution in [0.3, 0.4) is 0 Å². The average molecular weight is 622 g/mol. The van der Waals surface area contributed by atoms with Crippen LogP contribution in [0.15, 0.2) is 188 Å². The summed E-state index contributed by atoms with van der Waals surface area (Å²) in [4.78, 5) is 0. The van der Waals surface area contributed by atoms with Crippen molar-refractivity contribution in [3.05, 3.63) is 188 Å². The third-order valence-electron chi connectivity index (χ3n) is 10.1. The molecule has 0 aliphatic carbocycles. The lowest BCUT2D eigenvalue weighted by atomic mass is 9.85. The zero-order valence-corrected chi connectivity index (χ0v) is 26.8. The molecule has 10 rings (SSSR count). The van der Waals surface area contributed by atoms with Crippen LogP contribution < -0.4 is 0 Å². The Balaban J connectivity index is 1.16. The Morgan fingerprint density at radius 2 is 0.714 bits per heavy atom. The van der Waals surface area contributed by atoms with Crippen molar-refractivity contribution in [2.75, 3.05) is 0 Å². The van der Waals surface area contributed by atoms with Crippen LogP contribution >= 0.6 is 0 Å². The first-order valence-electron chi connectivity index (χ1n) is 16.9. The van der Waals surface area contributed by atoms with Crippen molar-refractivity contribution in [2.24, 2.45) is 0 Å². The number of benzene rings is 9. The molecule has 1 heteroatoms. The molecule has 1 aromatic heterocycles. The number of hydrogen-bond donors (Lipinski definition) is 0. The molecule has 1 nitrogen and oxygen atoms in total. The van der Waals surface area contributed by atoms with Crippen LogP contribution in [0.25, 0.3) is 93.2 Å². The molecule has 1 heterocycles. The van der Waals surface area contributed by atoms with Crippen molar-refractivity contribution in [1.29, 1.82) is 0 Å². The minimum atomic E-state index is 1.16. The first kappa shape index (κ1) is 27.7. The van der Waals surface area contributed by atoms with Crippen LogP contribution in [0, 0.1) is 0 Å². The van der Waals surface area contributed by atoms with Crippen molar-refractivity contribution < 1.29 is 0 Å².